The Morgan fingerprint density at radius 3 is 2.05 bits per heavy atom. The van der Waals surface area contributed by atoms with Gasteiger partial charge < -0.3 is 4.74 Å². The van der Waals surface area contributed by atoms with Crippen molar-refractivity contribution in [3.8, 4) is 12.3 Å². The Labute approximate surface area is 129 Å². The standard InChI is InChI=1S/C18H16O2S/c1-2-13-20-17(19)14-21-18(15-9-5-3-6-10-15)16-11-7-4-8-12-16/h1,3-12,18H,13-14H2. The van der Waals surface area contributed by atoms with Crippen LogP contribution in [0.2, 0.25) is 0 Å². The van der Waals surface area contributed by atoms with Gasteiger partial charge in [-0.05, 0) is 11.1 Å². The minimum absolute atomic E-state index is 0.0285. The second kappa shape index (κ2) is 8.18. The molecular formula is C18H16O2S. The number of carbonyl (C=O) groups excluding carboxylic acids is 1. The molecule has 0 aliphatic heterocycles. The minimum Gasteiger partial charge on any atom is -0.452 e. The number of rotatable bonds is 6. The van der Waals surface area contributed by atoms with E-state index >= 15 is 0 Å². The van der Waals surface area contributed by atoms with E-state index in [2.05, 4.69) is 30.2 Å². The molecule has 0 radical (unpaired) electrons. The molecule has 0 bridgehead atoms. The fraction of sp³-hybridized carbons (Fsp3) is 0.167. The van der Waals surface area contributed by atoms with Crippen LogP contribution in [0.4, 0.5) is 0 Å². The molecule has 2 nitrogen and oxygen atoms in total. The van der Waals surface area contributed by atoms with Gasteiger partial charge in [0.25, 0.3) is 0 Å². The van der Waals surface area contributed by atoms with Crippen LogP contribution in [0.5, 0.6) is 0 Å². The molecule has 2 aromatic carbocycles. The highest BCUT2D eigenvalue weighted by atomic mass is 32.2. The number of ether oxygens (including phenoxy) is 1. The van der Waals surface area contributed by atoms with Crippen LogP contribution in [0.15, 0.2) is 60.7 Å². The molecule has 21 heavy (non-hydrogen) atoms. The molecule has 0 aliphatic rings. The molecule has 0 unspecified atom stereocenters. The first-order valence-corrected chi connectivity index (χ1v) is 7.66. The monoisotopic (exact) mass is 296 g/mol. The van der Waals surface area contributed by atoms with Crippen molar-refractivity contribution in [2.75, 3.05) is 12.4 Å². The van der Waals surface area contributed by atoms with E-state index < -0.39 is 0 Å². The first kappa shape index (κ1) is 15.2. The van der Waals surface area contributed by atoms with Crippen LogP contribution in [-0.4, -0.2) is 18.3 Å². The Morgan fingerprint density at radius 1 is 1.05 bits per heavy atom. The zero-order valence-electron chi connectivity index (χ0n) is 11.6. The van der Waals surface area contributed by atoms with Gasteiger partial charge in [0.05, 0.1) is 11.0 Å². The average Bonchev–Trinajstić information content (AvgIpc) is 2.55. The van der Waals surface area contributed by atoms with Crippen molar-refractivity contribution in [2.24, 2.45) is 0 Å². The molecule has 0 saturated heterocycles. The van der Waals surface area contributed by atoms with E-state index in [1.807, 2.05) is 36.4 Å². The fourth-order valence-electron chi connectivity index (χ4n) is 1.96. The van der Waals surface area contributed by atoms with Crippen LogP contribution in [0.3, 0.4) is 0 Å². The summed E-state index contributed by atoms with van der Waals surface area (Å²) in [5.74, 6) is 2.29. The number of terminal acetylenes is 1. The second-order valence-corrected chi connectivity index (χ2v) is 5.47. The SMILES string of the molecule is C#CCOC(=O)CSC(c1ccccc1)c1ccccc1. The molecule has 3 heteroatoms. The van der Waals surface area contributed by atoms with E-state index in [9.17, 15) is 4.79 Å². The third kappa shape index (κ3) is 4.70. The molecule has 0 fully saturated rings. The largest absolute Gasteiger partial charge is 0.452 e. The highest BCUT2D eigenvalue weighted by molar-refractivity contribution is 8.00. The first-order valence-electron chi connectivity index (χ1n) is 6.62. The summed E-state index contributed by atoms with van der Waals surface area (Å²) in [6.07, 6.45) is 5.08. The summed E-state index contributed by atoms with van der Waals surface area (Å²) in [6.45, 7) is 0.0285. The van der Waals surface area contributed by atoms with Gasteiger partial charge in [-0.3, -0.25) is 4.79 Å². The van der Waals surface area contributed by atoms with Crippen LogP contribution in [0.25, 0.3) is 0 Å². The Balaban J connectivity index is 2.11. The molecular weight excluding hydrogens is 280 g/mol. The van der Waals surface area contributed by atoms with Gasteiger partial charge in [-0.25, -0.2) is 0 Å². The van der Waals surface area contributed by atoms with Crippen LogP contribution >= 0.6 is 11.8 Å². The molecule has 0 amide bonds. The van der Waals surface area contributed by atoms with Crippen molar-refractivity contribution in [1.82, 2.24) is 0 Å². The molecule has 0 spiro atoms. The Kier molecular flexibility index (Phi) is 5.93. The summed E-state index contributed by atoms with van der Waals surface area (Å²) >= 11 is 1.54. The van der Waals surface area contributed by atoms with Gasteiger partial charge >= 0.3 is 5.97 Å². The number of hydrogen-bond acceptors (Lipinski definition) is 3. The summed E-state index contributed by atoms with van der Waals surface area (Å²) in [5, 5.41) is 0.103. The molecule has 0 aliphatic carbocycles. The quantitative estimate of drug-likeness (QED) is 0.601. The van der Waals surface area contributed by atoms with Crippen molar-refractivity contribution in [1.29, 1.82) is 0 Å². The third-order valence-corrected chi connectivity index (χ3v) is 4.17. The number of benzene rings is 2. The van der Waals surface area contributed by atoms with Gasteiger partial charge in [0, 0.05) is 0 Å². The van der Waals surface area contributed by atoms with E-state index in [-0.39, 0.29) is 23.6 Å². The number of carbonyl (C=O) groups is 1. The Hall–Kier alpha value is -2.18. The van der Waals surface area contributed by atoms with Gasteiger partial charge in [-0.1, -0.05) is 66.6 Å². The molecule has 2 rings (SSSR count). The van der Waals surface area contributed by atoms with Crippen LogP contribution in [-0.2, 0) is 9.53 Å². The highest BCUT2D eigenvalue weighted by Gasteiger charge is 2.16. The van der Waals surface area contributed by atoms with Crippen molar-refractivity contribution in [3.63, 3.8) is 0 Å². The molecule has 0 N–H and O–H groups in total. The normalized spacial score (nSPS) is 10.1. The maximum absolute atomic E-state index is 11.6. The third-order valence-electron chi connectivity index (χ3n) is 2.89. The average molecular weight is 296 g/mol. The Bertz CT molecular complexity index is 563. The summed E-state index contributed by atoms with van der Waals surface area (Å²) in [7, 11) is 0. The van der Waals surface area contributed by atoms with E-state index in [0.717, 1.165) is 0 Å². The minimum atomic E-state index is -0.283. The van der Waals surface area contributed by atoms with Crippen molar-refractivity contribution < 1.29 is 9.53 Å². The van der Waals surface area contributed by atoms with Crippen LogP contribution in [0.1, 0.15) is 16.4 Å². The van der Waals surface area contributed by atoms with Crippen molar-refractivity contribution in [3.05, 3.63) is 71.8 Å². The molecule has 106 valence electrons. The number of hydrogen-bond donors (Lipinski definition) is 0. The first-order chi connectivity index (χ1) is 10.3. The smallest absolute Gasteiger partial charge is 0.316 e. The molecule has 0 atom stereocenters. The summed E-state index contributed by atoms with van der Waals surface area (Å²) < 4.78 is 4.92. The lowest BCUT2D eigenvalue weighted by atomic mass is 10.0. The maximum Gasteiger partial charge on any atom is 0.316 e. The van der Waals surface area contributed by atoms with E-state index in [0.29, 0.717) is 0 Å². The highest BCUT2D eigenvalue weighted by Crippen LogP contribution is 2.35. The fourth-order valence-corrected chi connectivity index (χ4v) is 3.04. The molecule has 0 aromatic heterocycles. The topological polar surface area (TPSA) is 26.3 Å². The predicted molar refractivity (Wildman–Crippen MR) is 87.0 cm³/mol. The summed E-state index contributed by atoms with van der Waals surface area (Å²) in [4.78, 5) is 11.6. The molecule has 2 aromatic rings. The van der Waals surface area contributed by atoms with Gasteiger partial charge in [-0.2, -0.15) is 0 Å². The van der Waals surface area contributed by atoms with Gasteiger partial charge in [0.15, 0.2) is 6.61 Å². The predicted octanol–water partition coefficient (Wildman–Crippen LogP) is 3.69. The summed E-state index contributed by atoms with van der Waals surface area (Å²) in [6, 6.07) is 20.2. The number of thioether (sulfide) groups is 1. The molecule has 0 heterocycles. The van der Waals surface area contributed by atoms with Crippen LogP contribution < -0.4 is 0 Å². The van der Waals surface area contributed by atoms with E-state index in [4.69, 9.17) is 11.2 Å². The number of esters is 1. The van der Waals surface area contributed by atoms with E-state index in [1.165, 1.54) is 11.1 Å². The Morgan fingerprint density at radius 2 is 1.57 bits per heavy atom. The lowest BCUT2D eigenvalue weighted by molar-refractivity contribution is -0.138. The maximum atomic E-state index is 11.6. The van der Waals surface area contributed by atoms with Gasteiger partial charge in [0.1, 0.15) is 0 Å². The summed E-state index contributed by atoms with van der Waals surface area (Å²) in [5.41, 5.74) is 2.33. The second-order valence-electron chi connectivity index (χ2n) is 4.38. The zero-order chi connectivity index (χ0) is 14.9. The van der Waals surface area contributed by atoms with Crippen molar-refractivity contribution >= 4 is 17.7 Å². The van der Waals surface area contributed by atoms with Crippen LogP contribution in [0, 0.1) is 12.3 Å². The van der Waals surface area contributed by atoms with E-state index in [1.54, 1.807) is 11.8 Å². The van der Waals surface area contributed by atoms with Crippen molar-refractivity contribution in [2.45, 2.75) is 5.25 Å². The zero-order valence-corrected chi connectivity index (χ0v) is 12.4. The lowest BCUT2D eigenvalue weighted by Gasteiger charge is -2.17. The van der Waals surface area contributed by atoms with Gasteiger partial charge in [-0.15, -0.1) is 18.2 Å². The lowest BCUT2D eigenvalue weighted by Crippen LogP contribution is -2.09. The molecule has 0 saturated carbocycles. The van der Waals surface area contributed by atoms with Gasteiger partial charge in [0.2, 0.25) is 0 Å².